The third kappa shape index (κ3) is 3.25. The van der Waals surface area contributed by atoms with E-state index >= 15 is 0 Å². The van der Waals surface area contributed by atoms with E-state index in [0.29, 0.717) is 13.2 Å². The molecule has 2 aliphatic heterocycles. The van der Waals surface area contributed by atoms with Gasteiger partial charge in [-0.25, -0.2) is 0 Å². The number of nitrogens with one attached hydrogen (secondary N) is 1. The highest BCUT2D eigenvalue weighted by Gasteiger charge is 2.20. The Hall–Kier alpha value is -1.26. The summed E-state index contributed by atoms with van der Waals surface area (Å²) in [7, 11) is 0. The molecule has 0 aromatic heterocycles. The summed E-state index contributed by atoms with van der Waals surface area (Å²) in [4.78, 5) is 2.52. The third-order valence-electron chi connectivity index (χ3n) is 4.19. The Morgan fingerprint density at radius 3 is 2.90 bits per heavy atom. The molecule has 2 aliphatic rings. The van der Waals surface area contributed by atoms with Gasteiger partial charge >= 0.3 is 0 Å². The lowest BCUT2D eigenvalue weighted by atomic mass is 10.1. The van der Waals surface area contributed by atoms with Crippen LogP contribution < -0.4 is 14.8 Å². The van der Waals surface area contributed by atoms with Crippen molar-refractivity contribution in [2.24, 2.45) is 5.92 Å². The van der Waals surface area contributed by atoms with Crippen LogP contribution in [0.2, 0.25) is 0 Å². The van der Waals surface area contributed by atoms with E-state index in [1.807, 2.05) is 6.07 Å². The smallest absolute Gasteiger partial charge is 0.161 e. The van der Waals surface area contributed by atoms with E-state index in [1.54, 1.807) is 0 Å². The van der Waals surface area contributed by atoms with Crippen molar-refractivity contribution in [1.82, 2.24) is 10.2 Å². The molecule has 0 bridgehead atoms. The molecule has 1 unspecified atom stereocenters. The first kappa shape index (κ1) is 13.7. The molecule has 4 nitrogen and oxygen atoms in total. The molecule has 0 radical (unpaired) electrons. The number of likely N-dealkylation sites (tertiary alicyclic amines) is 1. The highest BCUT2D eigenvalue weighted by atomic mass is 16.6. The van der Waals surface area contributed by atoms with Gasteiger partial charge in [-0.3, -0.25) is 0 Å². The van der Waals surface area contributed by atoms with Crippen LogP contribution in [0.25, 0.3) is 0 Å². The number of nitrogens with zero attached hydrogens (tertiary/aromatic N) is 1. The van der Waals surface area contributed by atoms with Crippen molar-refractivity contribution < 1.29 is 9.47 Å². The summed E-state index contributed by atoms with van der Waals surface area (Å²) >= 11 is 0. The second-order valence-corrected chi connectivity index (χ2v) is 5.66. The van der Waals surface area contributed by atoms with Crippen molar-refractivity contribution in [3.8, 4) is 11.5 Å². The van der Waals surface area contributed by atoms with E-state index in [2.05, 4.69) is 29.3 Å². The van der Waals surface area contributed by atoms with Gasteiger partial charge in [-0.15, -0.1) is 0 Å². The van der Waals surface area contributed by atoms with Gasteiger partial charge in [0.15, 0.2) is 11.5 Å². The minimum absolute atomic E-state index is 0.652. The minimum Gasteiger partial charge on any atom is -0.486 e. The Kier molecular flexibility index (Phi) is 4.43. The number of fused-ring (bicyclic) bond motifs is 1. The number of benzene rings is 1. The van der Waals surface area contributed by atoms with Crippen LogP contribution in [0.4, 0.5) is 0 Å². The summed E-state index contributed by atoms with van der Waals surface area (Å²) in [5.74, 6) is 2.55. The maximum absolute atomic E-state index is 5.61. The lowest BCUT2D eigenvalue weighted by Gasteiger charge is -2.19. The fourth-order valence-corrected chi connectivity index (χ4v) is 2.99. The van der Waals surface area contributed by atoms with Crippen molar-refractivity contribution in [1.29, 1.82) is 0 Å². The summed E-state index contributed by atoms with van der Waals surface area (Å²) in [5, 5.41) is 3.57. The quantitative estimate of drug-likeness (QED) is 0.890. The Morgan fingerprint density at radius 1 is 1.25 bits per heavy atom. The predicted octanol–water partition coefficient (Wildman–Crippen LogP) is 1.89. The van der Waals surface area contributed by atoms with Crippen LogP contribution in [0.3, 0.4) is 0 Å². The van der Waals surface area contributed by atoms with E-state index in [0.717, 1.165) is 30.5 Å². The molecule has 20 heavy (non-hydrogen) atoms. The van der Waals surface area contributed by atoms with E-state index in [9.17, 15) is 0 Å². The molecule has 1 aromatic carbocycles. The van der Waals surface area contributed by atoms with Gasteiger partial charge in [-0.05, 0) is 49.7 Å². The molecule has 1 aromatic rings. The van der Waals surface area contributed by atoms with Crippen molar-refractivity contribution in [2.45, 2.75) is 19.9 Å². The minimum atomic E-state index is 0.652. The molecule has 3 rings (SSSR count). The molecule has 4 heteroatoms. The lowest BCUT2D eigenvalue weighted by Crippen LogP contribution is -2.26. The predicted molar refractivity (Wildman–Crippen MR) is 79.4 cm³/mol. The molecule has 0 spiro atoms. The second-order valence-electron chi connectivity index (χ2n) is 5.66. The van der Waals surface area contributed by atoms with Crippen LogP contribution in [-0.4, -0.2) is 44.3 Å². The highest BCUT2D eigenvalue weighted by Crippen LogP contribution is 2.30. The van der Waals surface area contributed by atoms with Crippen LogP contribution >= 0.6 is 0 Å². The molecule has 0 saturated carbocycles. The highest BCUT2D eigenvalue weighted by molar-refractivity contribution is 5.43. The largest absolute Gasteiger partial charge is 0.486 e. The Bertz CT molecular complexity index is 450. The van der Waals surface area contributed by atoms with Crippen LogP contribution in [0.5, 0.6) is 11.5 Å². The van der Waals surface area contributed by atoms with Crippen LogP contribution in [0.15, 0.2) is 18.2 Å². The van der Waals surface area contributed by atoms with Crippen molar-refractivity contribution in [3.05, 3.63) is 23.8 Å². The first-order valence-electron chi connectivity index (χ1n) is 7.66. The fourth-order valence-electron chi connectivity index (χ4n) is 2.99. The molecule has 0 aliphatic carbocycles. The summed E-state index contributed by atoms with van der Waals surface area (Å²) in [5.41, 5.74) is 1.26. The van der Waals surface area contributed by atoms with Gasteiger partial charge in [0.05, 0.1) is 0 Å². The van der Waals surface area contributed by atoms with Gasteiger partial charge in [0.25, 0.3) is 0 Å². The molecular formula is C16H24N2O2. The van der Waals surface area contributed by atoms with Crippen LogP contribution in [0, 0.1) is 5.92 Å². The first-order chi connectivity index (χ1) is 9.85. The molecule has 0 amide bonds. The standard InChI is InChI=1S/C16H24N2O2/c1-2-18-6-5-14(12-18)11-17-10-13-3-4-15-16(9-13)20-8-7-19-15/h3-4,9,14,17H,2,5-8,10-12H2,1H3. The number of hydrogen-bond donors (Lipinski definition) is 1. The van der Waals surface area contributed by atoms with E-state index < -0.39 is 0 Å². The topological polar surface area (TPSA) is 33.7 Å². The SMILES string of the molecule is CCN1CCC(CNCc2ccc3c(c2)OCCO3)C1. The number of rotatable bonds is 5. The van der Waals surface area contributed by atoms with Crippen LogP contribution in [0.1, 0.15) is 18.9 Å². The zero-order valence-corrected chi connectivity index (χ0v) is 12.2. The average Bonchev–Trinajstić information content (AvgIpc) is 2.95. The van der Waals surface area contributed by atoms with Crippen molar-refractivity contribution in [3.63, 3.8) is 0 Å². The van der Waals surface area contributed by atoms with E-state index in [-0.39, 0.29) is 0 Å². The summed E-state index contributed by atoms with van der Waals surface area (Å²) in [6.07, 6.45) is 1.32. The third-order valence-corrected chi connectivity index (χ3v) is 4.19. The van der Waals surface area contributed by atoms with Gasteiger partial charge in [0.1, 0.15) is 13.2 Å². The maximum Gasteiger partial charge on any atom is 0.161 e. The Balaban J connectivity index is 1.47. The lowest BCUT2D eigenvalue weighted by molar-refractivity contribution is 0.171. The fraction of sp³-hybridized carbons (Fsp3) is 0.625. The van der Waals surface area contributed by atoms with Gasteiger partial charge in [-0.1, -0.05) is 13.0 Å². The maximum atomic E-state index is 5.61. The number of hydrogen-bond acceptors (Lipinski definition) is 4. The molecule has 1 fully saturated rings. The zero-order valence-electron chi connectivity index (χ0n) is 12.2. The molecule has 2 heterocycles. The summed E-state index contributed by atoms with van der Waals surface area (Å²) < 4.78 is 11.2. The van der Waals surface area contributed by atoms with Crippen molar-refractivity contribution >= 4 is 0 Å². The molecular weight excluding hydrogens is 252 g/mol. The van der Waals surface area contributed by atoms with Gasteiger partial charge in [0.2, 0.25) is 0 Å². The molecule has 1 saturated heterocycles. The second kappa shape index (κ2) is 6.46. The van der Waals surface area contributed by atoms with E-state index in [1.165, 1.54) is 31.6 Å². The normalized spacial score (nSPS) is 22.1. The van der Waals surface area contributed by atoms with Gasteiger partial charge in [0, 0.05) is 13.1 Å². The summed E-state index contributed by atoms with van der Waals surface area (Å²) in [6, 6.07) is 6.22. The van der Waals surface area contributed by atoms with Gasteiger partial charge < -0.3 is 19.7 Å². The molecule has 1 N–H and O–H groups in total. The first-order valence-corrected chi connectivity index (χ1v) is 7.66. The van der Waals surface area contributed by atoms with Crippen LogP contribution in [-0.2, 0) is 6.54 Å². The number of ether oxygens (including phenoxy) is 2. The Labute approximate surface area is 121 Å². The molecule has 1 atom stereocenters. The van der Waals surface area contributed by atoms with Gasteiger partial charge in [-0.2, -0.15) is 0 Å². The Morgan fingerprint density at radius 2 is 2.10 bits per heavy atom. The van der Waals surface area contributed by atoms with Crippen molar-refractivity contribution in [2.75, 3.05) is 39.4 Å². The molecule has 110 valence electrons. The van der Waals surface area contributed by atoms with E-state index in [4.69, 9.17) is 9.47 Å². The monoisotopic (exact) mass is 276 g/mol. The summed E-state index contributed by atoms with van der Waals surface area (Å²) in [6.45, 7) is 9.23. The average molecular weight is 276 g/mol. The zero-order chi connectivity index (χ0) is 13.8.